The Bertz CT molecular complexity index is 983. The predicted molar refractivity (Wildman–Crippen MR) is 103 cm³/mol. The number of nitrogens with zero attached hydrogens (tertiary/aromatic N) is 2. The highest BCUT2D eigenvalue weighted by molar-refractivity contribution is 8.76. The minimum Gasteiger partial charge on any atom is -0.467 e. The van der Waals surface area contributed by atoms with Crippen molar-refractivity contribution in [2.75, 3.05) is 12.9 Å². The lowest BCUT2D eigenvalue weighted by Gasteiger charge is -2.18. The van der Waals surface area contributed by atoms with Crippen molar-refractivity contribution in [2.45, 2.75) is 36.3 Å². The van der Waals surface area contributed by atoms with Crippen molar-refractivity contribution in [3.63, 3.8) is 0 Å². The number of alkyl halides is 3. The van der Waals surface area contributed by atoms with Gasteiger partial charge in [0.2, 0.25) is 0 Å². The van der Waals surface area contributed by atoms with E-state index in [1.165, 1.54) is 12.3 Å². The number of rotatable bonds is 7. The van der Waals surface area contributed by atoms with Gasteiger partial charge in [-0.05, 0) is 40.8 Å². The average molecular weight is 481 g/mol. The fraction of sp³-hybridized carbons (Fsp3) is 0.389. The third-order valence-corrected chi connectivity index (χ3v) is 6.87. The molecule has 1 aliphatic carbocycles. The second kappa shape index (κ2) is 9.47. The van der Waals surface area contributed by atoms with Crippen LogP contribution in [-0.2, 0) is 20.7 Å². The van der Waals surface area contributed by atoms with Crippen LogP contribution in [0.1, 0.15) is 23.6 Å². The Morgan fingerprint density at radius 2 is 2.10 bits per heavy atom. The summed E-state index contributed by atoms with van der Waals surface area (Å²) in [5.41, 5.74) is 0.941. The molecule has 1 heterocycles. The topological polar surface area (TPSA) is 73.2 Å². The number of ether oxygens (including phenoxy) is 1. The maximum absolute atomic E-state index is 14.0. The van der Waals surface area contributed by atoms with E-state index in [0.29, 0.717) is 29.1 Å². The standard InChI is InChI=1S/C18H16F5N3O3S2/c1-29-15(27)13(25-16(28)18(21,22)23)8-30-31-17-24-4-5-26(17)14-3-2-10-11(14)6-9(19)7-12(10)20/h4-7,13-14H,2-3,8H2,1H3,(H,25,28). The molecule has 0 bridgehead atoms. The van der Waals surface area contributed by atoms with Gasteiger partial charge in [0.15, 0.2) is 5.16 Å². The van der Waals surface area contributed by atoms with Crippen LogP contribution in [0.15, 0.2) is 29.7 Å². The third-order valence-electron chi connectivity index (χ3n) is 4.61. The number of imidazole rings is 1. The van der Waals surface area contributed by atoms with E-state index in [1.807, 2.05) is 0 Å². The second-order valence-corrected chi connectivity index (χ2v) is 8.85. The molecule has 13 heteroatoms. The summed E-state index contributed by atoms with van der Waals surface area (Å²) in [6.07, 6.45) is -1.07. The minimum absolute atomic E-state index is 0.226. The summed E-state index contributed by atoms with van der Waals surface area (Å²) in [5, 5.41) is 2.03. The maximum Gasteiger partial charge on any atom is 0.471 e. The Morgan fingerprint density at radius 1 is 1.35 bits per heavy atom. The van der Waals surface area contributed by atoms with E-state index in [9.17, 15) is 31.5 Å². The number of carbonyl (C=O) groups is 2. The average Bonchev–Trinajstić information content (AvgIpc) is 3.32. The third kappa shape index (κ3) is 5.32. The molecule has 0 spiro atoms. The molecular weight excluding hydrogens is 465 g/mol. The molecule has 168 valence electrons. The van der Waals surface area contributed by atoms with Crippen LogP contribution in [0.3, 0.4) is 0 Å². The lowest BCUT2D eigenvalue weighted by molar-refractivity contribution is -0.175. The monoisotopic (exact) mass is 481 g/mol. The van der Waals surface area contributed by atoms with Gasteiger partial charge in [0.05, 0.1) is 13.2 Å². The first kappa shape index (κ1) is 23.4. The molecule has 2 aromatic rings. The number of fused-ring (bicyclic) bond motifs is 1. The van der Waals surface area contributed by atoms with Crippen LogP contribution < -0.4 is 5.32 Å². The summed E-state index contributed by atoms with van der Waals surface area (Å²) < 4.78 is 71.3. The van der Waals surface area contributed by atoms with Gasteiger partial charge in [0, 0.05) is 24.2 Å². The number of nitrogens with one attached hydrogen (secondary N) is 1. The first-order valence-corrected chi connectivity index (χ1v) is 11.2. The number of methoxy groups -OCH3 is 1. The summed E-state index contributed by atoms with van der Waals surface area (Å²) in [6, 6.07) is 0.239. The highest BCUT2D eigenvalue weighted by Gasteiger charge is 2.41. The van der Waals surface area contributed by atoms with Crippen molar-refractivity contribution in [3.8, 4) is 0 Å². The van der Waals surface area contributed by atoms with Crippen LogP contribution in [-0.4, -0.2) is 46.5 Å². The molecule has 2 unspecified atom stereocenters. The molecule has 1 aliphatic rings. The number of hydrogen-bond acceptors (Lipinski definition) is 6. The van der Waals surface area contributed by atoms with Crippen molar-refractivity contribution in [2.24, 2.45) is 0 Å². The molecule has 1 aromatic carbocycles. The zero-order valence-electron chi connectivity index (χ0n) is 15.9. The Labute approximate surface area is 181 Å². The van der Waals surface area contributed by atoms with Gasteiger partial charge in [-0.25, -0.2) is 18.6 Å². The second-order valence-electron chi connectivity index (χ2n) is 6.54. The summed E-state index contributed by atoms with van der Waals surface area (Å²) >= 11 is 0. The van der Waals surface area contributed by atoms with Gasteiger partial charge in [0.1, 0.15) is 17.7 Å². The Balaban J connectivity index is 1.69. The molecule has 3 rings (SSSR count). The summed E-state index contributed by atoms with van der Waals surface area (Å²) in [7, 11) is 3.03. The highest BCUT2D eigenvalue weighted by Crippen LogP contribution is 2.40. The van der Waals surface area contributed by atoms with Crippen LogP contribution in [0.5, 0.6) is 0 Å². The van der Waals surface area contributed by atoms with E-state index in [0.717, 1.165) is 34.8 Å². The van der Waals surface area contributed by atoms with Crippen LogP contribution >= 0.6 is 21.6 Å². The summed E-state index contributed by atoms with van der Waals surface area (Å²) in [6.45, 7) is 0. The smallest absolute Gasteiger partial charge is 0.467 e. The van der Waals surface area contributed by atoms with Gasteiger partial charge in [-0.15, -0.1) is 0 Å². The largest absolute Gasteiger partial charge is 0.471 e. The lowest BCUT2D eigenvalue weighted by atomic mass is 10.1. The van der Waals surface area contributed by atoms with Gasteiger partial charge >= 0.3 is 18.1 Å². The van der Waals surface area contributed by atoms with Gasteiger partial charge in [-0.2, -0.15) is 13.2 Å². The molecule has 0 fully saturated rings. The van der Waals surface area contributed by atoms with Gasteiger partial charge in [-0.3, -0.25) is 4.79 Å². The minimum atomic E-state index is -5.14. The lowest BCUT2D eigenvalue weighted by Crippen LogP contribution is -2.48. The summed E-state index contributed by atoms with van der Waals surface area (Å²) in [5.74, 6) is -4.79. The van der Waals surface area contributed by atoms with E-state index < -0.39 is 35.7 Å². The van der Waals surface area contributed by atoms with Gasteiger partial charge in [0.25, 0.3) is 0 Å². The molecule has 1 amide bonds. The number of hydrogen-bond donors (Lipinski definition) is 1. The first-order chi connectivity index (χ1) is 14.6. The van der Waals surface area contributed by atoms with Crippen LogP contribution in [0.25, 0.3) is 0 Å². The van der Waals surface area contributed by atoms with E-state index in [2.05, 4.69) is 9.72 Å². The van der Waals surface area contributed by atoms with Crippen LogP contribution in [0.2, 0.25) is 0 Å². The molecule has 2 atom stereocenters. The predicted octanol–water partition coefficient (Wildman–Crippen LogP) is 3.66. The first-order valence-electron chi connectivity index (χ1n) is 8.87. The molecule has 1 aromatic heterocycles. The SMILES string of the molecule is COC(=O)C(CSSc1nccn1C1CCc2c(F)cc(F)cc21)NC(=O)C(F)(F)F. The van der Waals surface area contributed by atoms with E-state index in [1.54, 1.807) is 16.1 Å². The molecule has 0 saturated heterocycles. The van der Waals surface area contributed by atoms with Crippen molar-refractivity contribution < 1.29 is 36.3 Å². The van der Waals surface area contributed by atoms with Crippen molar-refractivity contribution >= 4 is 33.5 Å². The Morgan fingerprint density at radius 3 is 2.77 bits per heavy atom. The molecule has 1 N–H and O–H groups in total. The molecule has 6 nitrogen and oxygen atoms in total. The zero-order valence-corrected chi connectivity index (χ0v) is 17.5. The molecule has 0 saturated carbocycles. The number of benzene rings is 1. The maximum atomic E-state index is 14.0. The zero-order chi connectivity index (χ0) is 22.8. The number of esters is 1. The van der Waals surface area contributed by atoms with E-state index in [-0.39, 0.29) is 11.8 Å². The molecule has 0 radical (unpaired) electrons. The normalized spacial score (nSPS) is 16.6. The summed E-state index contributed by atoms with van der Waals surface area (Å²) in [4.78, 5) is 27.0. The Hall–Kier alpha value is -2.28. The van der Waals surface area contributed by atoms with Crippen molar-refractivity contribution in [1.29, 1.82) is 0 Å². The van der Waals surface area contributed by atoms with Gasteiger partial charge in [-0.1, -0.05) is 10.8 Å². The van der Waals surface area contributed by atoms with E-state index >= 15 is 0 Å². The van der Waals surface area contributed by atoms with Crippen molar-refractivity contribution in [1.82, 2.24) is 14.9 Å². The number of carbonyl (C=O) groups excluding carboxylic acids is 2. The quantitative estimate of drug-likeness (QED) is 0.370. The fourth-order valence-electron chi connectivity index (χ4n) is 3.22. The number of aromatic nitrogens is 2. The molecular formula is C18H16F5N3O3S2. The number of halogens is 5. The van der Waals surface area contributed by atoms with Crippen LogP contribution in [0, 0.1) is 11.6 Å². The fourth-order valence-corrected chi connectivity index (χ4v) is 5.44. The Kier molecular flexibility index (Phi) is 7.14. The number of amides is 1. The molecule has 31 heavy (non-hydrogen) atoms. The van der Waals surface area contributed by atoms with Crippen molar-refractivity contribution in [3.05, 3.63) is 47.3 Å². The van der Waals surface area contributed by atoms with Gasteiger partial charge < -0.3 is 14.6 Å². The van der Waals surface area contributed by atoms with Crippen LogP contribution in [0.4, 0.5) is 22.0 Å². The van der Waals surface area contributed by atoms with E-state index in [4.69, 9.17) is 0 Å². The molecule has 0 aliphatic heterocycles. The highest BCUT2D eigenvalue weighted by atomic mass is 33.1.